The van der Waals surface area contributed by atoms with E-state index in [4.69, 9.17) is 11.2 Å². The van der Waals surface area contributed by atoms with Crippen molar-refractivity contribution in [1.82, 2.24) is 0 Å². The van der Waals surface area contributed by atoms with Crippen molar-refractivity contribution in [3.63, 3.8) is 0 Å². The molecule has 0 amide bonds. The lowest BCUT2D eigenvalue weighted by atomic mass is 9.49. The summed E-state index contributed by atoms with van der Waals surface area (Å²) in [5.74, 6) is 5.34. The third kappa shape index (κ3) is 2.69. The first-order chi connectivity index (χ1) is 13.0. The molecular weight excluding hydrogens is 338 g/mol. The van der Waals surface area contributed by atoms with E-state index in [1.54, 1.807) is 5.57 Å². The standard InChI is InChI=1S/C23H33NO3/c1-4-22-12-10-19-18-9-7-17(24-26)14-16(18)6-8-20(19)21(22)11-13-23(22,5-2)27-15(3)25/h2,14,17-21H,4,6-13,24H2,1,3H3. The summed E-state index contributed by atoms with van der Waals surface area (Å²) in [4.78, 5) is 11.9. The number of terminal acetylenes is 1. The Balaban J connectivity index is 1.64. The molecule has 0 radical (unpaired) electrons. The summed E-state index contributed by atoms with van der Waals surface area (Å²) in [6.07, 6.45) is 17.9. The fourth-order valence-corrected chi connectivity index (χ4v) is 7.65. The molecule has 4 rings (SSSR count). The molecule has 7 atom stereocenters. The summed E-state index contributed by atoms with van der Waals surface area (Å²) in [5.41, 5.74) is 1.89. The minimum atomic E-state index is -0.714. The van der Waals surface area contributed by atoms with Crippen LogP contribution in [-0.4, -0.2) is 17.6 Å². The molecule has 2 N–H and O–H groups in total. The average molecular weight is 372 g/mol. The van der Waals surface area contributed by atoms with Crippen molar-refractivity contribution in [1.29, 1.82) is 0 Å². The van der Waals surface area contributed by atoms with E-state index in [2.05, 4.69) is 18.9 Å². The minimum Gasteiger partial charge on any atom is -0.635 e. The molecule has 0 aromatic carbocycles. The van der Waals surface area contributed by atoms with Gasteiger partial charge in [0.1, 0.15) is 6.04 Å². The SMILES string of the molecule is C#CC1(OC(C)=O)CCC2C3CCC4=CC([NH2+][O-])CCC4C3CCC21CC. The lowest BCUT2D eigenvalue weighted by Gasteiger charge is -2.56. The monoisotopic (exact) mass is 371 g/mol. The van der Waals surface area contributed by atoms with Gasteiger partial charge in [-0.3, -0.25) is 4.79 Å². The van der Waals surface area contributed by atoms with Gasteiger partial charge in [0.25, 0.3) is 0 Å². The lowest BCUT2D eigenvalue weighted by molar-refractivity contribution is -0.617. The number of hydrogen-bond acceptors (Lipinski definition) is 3. The van der Waals surface area contributed by atoms with Crippen molar-refractivity contribution < 1.29 is 15.0 Å². The molecule has 0 saturated heterocycles. The highest BCUT2D eigenvalue weighted by atomic mass is 16.6. The number of ether oxygens (including phenoxy) is 1. The average Bonchev–Trinajstić information content (AvgIpc) is 3.01. The zero-order valence-electron chi connectivity index (χ0n) is 16.7. The highest BCUT2D eigenvalue weighted by molar-refractivity contribution is 5.67. The molecule has 4 nitrogen and oxygen atoms in total. The number of hydroxylamine groups is 1. The van der Waals surface area contributed by atoms with Gasteiger partial charge >= 0.3 is 5.97 Å². The van der Waals surface area contributed by atoms with Gasteiger partial charge in [-0.15, -0.1) is 6.42 Å². The van der Waals surface area contributed by atoms with Crippen LogP contribution in [0.25, 0.3) is 0 Å². The predicted octanol–water partition coefficient (Wildman–Crippen LogP) is 3.31. The Morgan fingerprint density at radius 1 is 1.30 bits per heavy atom. The van der Waals surface area contributed by atoms with Crippen LogP contribution in [0.4, 0.5) is 0 Å². The number of carbonyl (C=O) groups is 1. The highest BCUT2D eigenvalue weighted by Gasteiger charge is 2.65. The molecule has 4 aliphatic rings. The maximum Gasteiger partial charge on any atom is 0.304 e. The van der Waals surface area contributed by atoms with Crippen LogP contribution in [0.5, 0.6) is 0 Å². The third-order valence-electron chi connectivity index (χ3n) is 8.67. The Bertz CT molecular complexity index is 680. The second-order valence-corrected chi connectivity index (χ2v) is 9.35. The van der Waals surface area contributed by atoms with Crippen molar-refractivity contribution in [2.24, 2.45) is 29.1 Å². The zero-order valence-corrected chi connectivity index (χ0v) is 16.7. The van der Waals surface area contributed by atoms with Crippen molar-refractivity contribution in [3.8, 4) is 12.3 Å². The molecule has 7 unspecified atom stereocenters. The summed E-state index contributed by atoms with van der Waals surface area (Å²) in [6.45, 7) is 3.72. The van der Waals surface area contributed by atoms with Crippen molar-refractivity contribution in [3.05, 3.63) is 16.9 Å². The predicted molar refractivity (Wildman–Crippen MR) is 104 cm³/mol. The maximum atomic E-state index is 11.9. The number of rotatable bonds is 3. The van der Waals surface area contributed by atoms with Crippen LogP contribution in [0.3, 0.4) is 0 Å². The zero-order chi connectivity index (χ0) is 19.2. The van der Waals surface area contributed by atoms with E-state index in [1.165, 1.54) is 19.8 Å². The number of hydrogen-bond donors (Lipinski definition) is 1. The Labute approximate surface area is 163 Å². The number of esters is 1. The number of carbonyl (C=O) groups excluding carboxylic acids is 1. The van der Waals surface area contributed by atoms with Crippen molar-refractivity contribution >= 4 is 5.97 Å². The minimum absolute atomic E-state index is 0.0597. The first-order valence-corrected chi connectivity index (χ1v) is 10.8. The number of fused-ring (bicyclic) bond motifs is 5. The second kappa shape index (κ2) is 6.94. The summed E-state index contributed by atoms with van der Waals surface area (Å²) in [7, 11) is 0. The maximum absolute atomic E-state index is 11.9. The van der Waals surface area contributed by atoms with Crippen LogP contribution < -0.4 is 5.48 Å². The number of allylic oxidation sites excluding steroid dienone is 1. The van der Waals surface area contributed by atoms with Crippen LogP contribution in [-0.2, 0) is 9.53 Å². The molecule has 148 valence electrons. The Hall–Kier alpha value is -1.31. The fourth-order valence-electron chi connectivity index (χ4n) is 7.65. The van der Waals surface area contributed by atoms with E-state index < -0.39 is 5.60 Å². The third-order valence-corrected chi connectivity index (χ3v) is 8.67. The normalized spacial score (nSPS) is 45.7. The fraction of sp³-hybridized carbons (Fsp3) is 0.783. The molecule has 3 saturated carbocycles. The van der Waals surface area contributed by atoms with Crippen LogP contribution in [0, 0.1) is 46.6 Å². The molecule has 3 fully saturated rings. The van der Waals surface area contributed by atoms with Gasteiger partial charge in [0.15, 0.2) is 5.60 Å². The highest BCUT2D eigenvalue weighted by Crippen LogP contribution is 2.67. The Kier molecular flexibility index (Phi) is 4.89. The molecule has 27 heavy (non-hydrogen) atoms. The van der Waals surface area contributed by atoms with Gasteiger partial charge in [-0.05, 0) is 81.1 Å². The second-order valence-electron chi connectivity index (χ2n) is 9.35. The molecule has 4 aliphatic carbocycles. The van der Waals surface area contributed by atoms with Crippen LogP contribution in [0.15, 0.2) is 11.6 Å². The molecule has 0 aromatic heterocycles. The van der Waals surface area contributed by atoms with Gasteiger partial charge in [0, 0.05) is 18.8 Å². The lowest BCUT2D eigenvalue weighted by Crippen LogP contribution is -2.84. The molecule has 0 heterocycles. The molecule has 0 aliphatic heterocycles. The summed E-state index contributed by atoms with van der Waals surface area (Å²) < 4.78 is 5.90. The van der Waals surface area contributed by atoms with Gasteiger partial charge < -0.3 is 15.4 Å². The van der Waals surface area contributed by atoms with Gasteiger partial charge in [0.2, 0.25) is 0 Å². The van der Waals surface area contributed by atoms with E-state index in [0.717, 1.165) is 50.4 Å². The molecule has 4 heteroatoms. The smallest absolute Gasteiger partial charge is 0.304 e. The largest absolute Gasteiger partial charge is 0.635 e. The van der Waals surface area contributed by atoms with Crippen LogP contribution in [0.2, 0.25) is 0 Å². The van der Waals surface area contributed by atoms with E-state index in [0.29, 0.717) is 23.7 Å². The molecule has 0 bridgehead atoms. The van der Waals surface area contributed by atoms with E-state index in [1.807, 2.05) is 0 Å². The van der Waals surface area contributed by atoms with Crippen LogP contribution in [0.1, 0.15) is 71.6 Å². The summed E-state index contributed by atoms with van der Waals surface area (Å²) in [5, 5.41) is 11.2. The van der Waals surface area contributed by atoms with E-state index in [9.17, 15) is 10.0 Å². The first kappa shape index (κ1) is 19.0. The Morgan fingerprint density at radius 3 is 2.78 bits per heavy atom. The topological polar surface area (TPSA) is 66.0 Å². The summed E-state index contributed by atoms with van der Waals surface area (Å²) in [6, 6.07) is 0.135. The van der Waals surface area contributed by atoms with Gasteiger partial charge in [-0.25, -0.2) is 0 Å². The summed E-state index contributed by atoms with van der Waals surface area (Å²) >= 11 is 0. The van der Waals surface area contributed by atoms with Crippen molar-refractivity contribution in [2.75, 3.05) is 0 Å². The molecule has 0 spiro atoms. The van der Waals surface area contributed by atoms with Gasteiger partial charge in [0.05, 0.1) is 0 Å². The molecule has 0 aromatic rings. The number of nitrogens with two attached hydrogens (primary N) is 1. The molecular formula is C23H33NO3. The van der Waals surface area contributed by atoms with E-state index >= 15 is 0 Å². The quantitative estimate of drug-likeness (QED) is 0.358. The van der Waals surface area contributed by atoms with Gasteiger partial charge in [-0.2, -0.15) is 0 Å². The van der Waals surface area contributed by atoms with Gasteiger partial charge in [-0.1, -0.05) is 18.4 Å². The Morgan fingerprint density at radius 2 is 2.11 bits per heavy atom. The van der Waals surface area contributed by atoms with Crippen molar-refractivity contribution in [2.45, 2.75) is 83.3 Å². The number of quaternary nitrogens is 1. The first-order valence-electron chi connectivity index (χ1n) is 10.8. The van der Waals surface area contributed by atoms with E-state index in [-0.39, 0.29) is 17.4 Å². The van der Waals surface area contributed by atoms with Crippen LogP contribution >= 0.6 is 0 Å².